The van der Waals surface area contributed by atoms with E-state index in [4.69, 9.17) is 0 Å². The normalized spacial score (nSPS) is 14.8. The number of anilines is 1. The maximum absolute atomic E-state index is 13.0. The van der Waals surface area contributed by atoms with Crippen LogP contribution in [0.3, 0.4) is 0 Å². The first-order valence-corrected chi connectivity index (χ1v) is 11.5. The molecular formula is C19H17N5OS3. The minimum absolute atomic E-state index is 0.0853. The number of amides is 1. The third kappa shape index (κ3) is 3.19. The number of fused-ring (bicyclic) bond motifs is 1. The molecule has 1 amide bonds. The largest absolute Gasteiger partial charge is 0.344 e. The summed E-state index contributed by atoms with van der Waals surface area (Å²) in [5.41, 5.74) is 2.84. The summed E-state index contributed by atoms with van der Waals surface area (Å²) in [6.07, 6.45) is 1.79. The summed E-state index contributed by atoms with van der Waals surface area (Å²) in [5, 5.41) is 6.00. The molecule has 1 fully saturated rings. The van der Waals surface area contributed by atoms with Crippen LogP contribution in [0.25, 0.3) is 20.9 Å². The third-order valence-electron chi connectivity index (χ3n) is 4.75. The number of pyridine rings is 1. The summed E-state index contributed by atoms with van der Waals surface area (Å²) in [5.74, 6) is 0.0853. The molecule has 1 aliphatic heterocycles. The van der Waals surface area contributed by atoms with Crippen LogP contribution in [0.2, 0.25) is 0 Å². The standard InChI is InChI=1S/C19H17N5OS3/c1-12-15(27-16(21-12)13-4-10-26-11-13)18(25)23-6-8-24(9-7-23)19-22-14-3-2-5-20-17(14)28-19/h2-5,10-11H,6-9H2,1H3. The number of aryl methyl sites for hydroxylation is 1. The maximum atomic E-state index is 13.0. The Morgan fingerprint density at radius 1 is 1.11 bits per heavy atom. The molecule has 0 aromatic carbocycles. The van der Waals surface area contributed by atoms with Crippen molar-refractivity contribution in [1.82, 2.24) is 19.9 Å². The Hall–Kier alpha value is -2.36. The van der Waals surface area contributed by atoms with Crippen LogP contribution in [0.1, 0.15) is 15.4 Å². The van der Waals surface area contributed by atoms with Crippen LogP contribution in [-0.4, -0.2) is 51.9 Å². The van der Waals surface area contributed by atoms with Gasteiger partial charge in [0.05, 0.1) is 5.69 Å². The summed E-state index contributed by atoms with van der Waals surface area (Å²) >= 11 is 4.74. The fourth-order valence-corrected chi connectivity index (χ4v) is 5.95. The van der Waals surface area contributed by atoms with E-state index in [1.807, 2.05) is 35.4 Å². The van der Waals surface area contributed by atoms with E-state index in [1.165, 1.54) is 11.3 Å². The Balaban J connectivity index is 1.29. The summed E-state index contributed by atoms with van der Waals surface area (Å²) in [6, 6.07) is 5.94. The number of hydrogen-bond acceptors (Lipinski definition) is 8. The Kier molecular flexibility index (Phi) is 4.58. The molecule has 0 radical (unpaired) electrons. The second kappa shape index (κ2) is 7.23. The smallest absolute Gasteiger partial charge is 0.265 e. The second-order valence-corrected chi connectivity index (χ2v) is 9.28. The lowest BCUT2D eigenvalue weighted by molar-refractivity contribution is 0.0750. The Labute approximate surface area is 174 Å². The molecule has 9 heteroatoms. The summed E-state index contributed by atoms with van der Waals surface area (Å²) in [6.45, 7) is 4.85. The average Bonchev–Trinajstić information content (AvgIpc) is 3.46. The predicted octanol–water partition coefficient (Wildman–Crippen LogP) is 4.15. The van der Waals surface area contributed by atoms with Crippen molar-refractivity contribution in [2.45, 2.75) is 6.92 Å². The van der Waals surface area contributed by atoms with E-state index in [9.17, 15) is 4.79 Å². The highest BCUT2D eigenvalue weighted by Crippen LogP contribution is 2.31. The van der Waals surface area contributed by atoms with Crippen molar-refractivity contribution >= 4 is 55.4 Å². The van der Waals surface area contributed by atoms with Gasteiger partial charge in [0.1, 0.15) is 20.2 Å². The van der Waals surface area contributed by atoms with Gasteiger partial charge in [-0.2, -0.15) is 11.3 Å². The van der Waals surface area contributed by atoms with Crippen molar-refractivity contribution < 1.29 is 4.79 Å². The van der Waals surface area contributed by atoms with Gasteiger partial charge >= 0.3 is 0 Å². The van der Waals surface area contributed by atoms with E-state index in [-0.39, 0.29) is 5.91 Å². The van der Waals surface area contributed by atoms with Crippen LogP contribution in [0.5, 0.6) is 0 Å². The predicted molar refractivity (Wildman–Crippen MR) is 116 cm³/mol. The van der Waals surface area contributed by atoms with Crippen molar-refractivity contribution in [3.05, 3.63) is 45.7 Å². The molecule has 142 valence electrons. The van der Waals surface area contributed by atoms with Gasteiger partial charge < -0.3 is 9.80 Å². The van der Waals surface area contributed by atoms with E-state index >= 15 is 0 Å². The quantitative estimate of drug-likeness (QED) is 0.492. The van der Waals surface area contributed by atoms with Crippen LogP contribution in [0, 0.1) is 6.92 Å². The lowest BCUT2D eigenvalue weighted by Gasteiger charge is -2.34. The third-order valence-corrected chi connectivity index (χ3v) is 7.67. The molecule has 6 nitrogen and oxygen atoms in total. The highest BCUT2D eigenvalue weighted by Gasteiger charge is 2.27. The molecule has 0 atom stereocenters. The number of aromatic nitrogens is 3. The minimum atomic E-state index is 0.0853. The zero-order valence-corrected chi connectivity index (χ0v) is 17.6. The number of thiophene rings is 1. The topological polar surface area (TPSA) is 62.2 Å². The monoisotopic (exact) mass is 427 g/mol. The van der Waals surface area contributed by atoms with E-state index in [0.29, 0.717) is 13.1 Å². The number of piperazine rings is 1. The molecule has 1 saturated heterocycles. The fraction of sp³-hybridized carbons (Fsp3) is 0.263. The molecule has 0 saturated carbocycles. The van der Waals surface area contributed by atoms with Crippen LogP contribution < -0.4 is 4.90 Å². The van der Waals surface area contributed by atoms with Crippen LogP contribution in [-0.2, 0) is 0 Å². The van der Waals surface area contributed by atoms with E-state index in [1.54, 1.807) is 28.9 Å². The van der Waals surface area contributed by atoms with Gasteiger partial charge in [0.2, 0.25) is 0 Å². The first-order chi connectivity index (χ1) is 13.7. The highest BCUT2D eigenvalue weighted by molar-refractivity contribution is 7.21. The van der Waals surface area contributed by atoms with Crippen molar-refractivity contribution in [3.8, 4) is 10.6 Å². The van der Waals surface area contributed by atoms with Crippen molar-refractivity contribution in [1.29, 1.82) is 0 Å². The minimum Gasteiger partial charge on any atom is -0.344 e. The van der Waals surface area contributed by atoms with Crippen LogP contribution in [0.4, 0.5) is 5.13 Å². The van der Waals surface area contributed by atoms with Gasteiger partial charge in [-0.3, -0.25) is 4.79 Å². The molecule has 5 rings (SSSR count). The van der Waals surface area contributed by atoms with Crippen molar-refractivity contribution in [3.63, 3.8) is 0 Å². The van der Waals surface area contributed by atoms with E-state index < -0.39 is 0 Å². The van der Waals surface area contributed by atoms with Crippen LogP contribution in [0.15, 0.2) is 35.2 Å². The number of carbonyl (C=O) groups excluding carboxylic acids is 1. The molecule has 0 N–H and O–H groups in total. The lowest BCUT2D eigenvalue weighted by Crippen LogP contribution is -2.48. The molecule has 0 aliphatic carbocycles. The molecule has 1 aliphatic rings. The number of hydrogen-bond donors (Lipinski definition) is 0. The van der Waals surface area contributed by atoms with Gasteiger partial charge in [-0.25, -0.2) is 15.0 Å². The summed E-state index contributed by atoms with van der Waals surface area (Å²) in [7, 11) is 0. The van der Waals surface area contributed by atoms with Gasteiger partial charge in [0, 0.05) is 43.3 Å². The van der Waals surface area contributed by atoms with E-state index in [0.717, 1.165) is 49.7 Å². The molecule has 0 unspecified atom stereocenters. The second-order valence-electron chi connectivity index (χ2n) is 6.55. The summed E-state index contributed by atoms with van der Waals surface area (Å²) < 4.78 is 0. The average molecular weight is 428 g/mol. The fourth-order valence-electron chi connectivity index (χ4n) is 3.24. The lowest BCUT2D eigenvalue weighted by atomic mass is 10.3. The van der Waals surface area contributed by atoms with Gasteiger partial charge in [0.25, 0.3) is 5.91 Å². The van der Waals surface area contributed by atoms with Gasteiger partial charge in [-0.05, 0) is 30.5 Å². The van der Waals surface area contributed by atoms with Gasteiger partial charge in [-0.15, -0.1) is 11.3 Å². The van der Waals surface area contributed by atoms with Gasteiger partial charge in [-0.1, -0.05) is 11.3 Å². The molecule has 4 aromatic heterocycles. The number of carbonyl (C=O) groups is 1. The molecule has 28 heavy (non-hydrogen) atoms. The van der Waals surface area contributed by atoms with Crippen LogP contribution >= 0.6 is 34.0 Å². The molecule has 4 aromatic rings. The number of rotatable bonds is 3. The molecule has 0 bridgehead atoms. The first-order valence-electron chi connectivity index (χ1n) is 8.95. The highest BCUT2D eigenvalue weighted by atomic mass is 32.1. The zero-order valence-electron chi connectivity index (χ0n) is 15.2. The Morgan fingerprint density at radius 2 is 1.96 bits per heavy atom. The Bertz CT molecular complexity index is 1090. The number of thiazole rings is 2. The zero-order chi connectivity index (χ0) is 19.1. The molecule has 0 spiro atoms. The molecular weight excluding hydrogens is 410 g/mol. The van der Waals surface area contributed by atoms with Crippen molar-refractivity contribution in [2.75, 3.05) is 31.1 Å². The van der Waals surface area contributed by atoms with E-state index in [2.05, 4.69) is 25.2 Å². The van der Waals surface area contributed by atoms with Gasteiger partial charge in [0.15, 0.2) is 5.13 Å². The molecule has 5 heterocycles. The van der Waals surface area contributed by atoms with Crippen molar-refractivity contribution in [2.24, 2.45) is 0 Å². The SMILES string of the molecule is Cc1nc(-c2ccsc2)sc1C(=O)N1CCN(c2nc3cccnc3s2)CC1. The Morgan fingerprint density at radius 3 is 2.71 bits per heavy atom. The summed E-state index contributed by atoms with van der Waals surface area (Å²) in [4.78, 5) is 32.6. The number of nitrogens with zero attached hydrogens (tertiary/aromatic N) is 5. The maximum Gasteiger partial charge on any atom is 0.265 e. The first kappa shape index (κ1) is 17.7.